The molecular formula is C13H18Cl2N2. The first-order valence-corrected chi connectivity index (χ1v) is 6.89. The van der Waals surface area contributed by atoms with Crippen LogP contribution in [0.15, 0.2) is 18.2 Å². The molecule has 1 aliphatic rings. The fourth-order valence-corrected chi connectivity index (χ4v) is 2.58. The number of anilines is 1. The van der Waals surface area contributed by atoms with Crippen molar-refractivity contribution < 1.29 is 0 Å². The molecule has 1 aliphatic heterocycles. The van der Waals surface area contributed by atoms with Gasteiger partial charge in [0.2, 0.25) is 0 Å². The zero-order valence-corrected chi connectivity index (χ0v) is 11.6. The highest BCUT2D eigenvalue weighted by Crippen LogP contribution is 2.30. The average molecular weight is 273 g/mol. The first-order chi connectivity index (χ1) is 8.20. The summed E-state index contributed by atoms with van der Waals surface area (Å²) in [6.07, 6.45) is 2.33. The molecule has 94 valence electrons. The fraction of sp³-hybridized carbons (Fsp3) is 0.538. The van der Waals surface area contributed by atoms with E-state index < -0.39 is 0 Å². The summed E-state index contributed by atoms with van der Waals surface area (Å²) in [5.41, 5.74) is 0.953. The van der Waals surface area contributed by atoms with Gasteiger partial charge >= 0.3 is 0 Å². The Hall–Kier alpha value is -0.440. The summed E-state index contributed by atoms with van der Waals surface area (Å²) in [5, 5.41) is 4.74. The summed E-state index contributed by atoms with van der Waals surface area (Å²) < 4.78 is 0. The molecule has 0 aromatic heterocycles. The van der Waals surface area contributed by atoms with Crippen molar-refractivity contribution in [3.05, 3.63) is 28.2 Å². The summed E-state index contributed by atoms with van der Waals surface area (Å²) >= 11 is 12.2. The number of nitrogens with zero attached hydrogens (tertiary/aromatic N) is 1. The van der Waals surface area contributed by atoms with E-state index in [2.05, 4.69) is 17.1 Å². The summed E-state index contributed by atoms with van der Waals surface area (Å²) in [6, 6.07) is 6.24. The normalized spacial score (nSPS) is 18.3. The Morgan fingerprint density at radius 3 is 2.65 bits per heavy atom. The molecule has 0 saturated carbocycles. The minimum atomic E-state index is 0.508. The average Bonchev–Trinajstić information content (AvgIpc) is 2.36. The minimum absolute atomic E-state index is 0.508. The van der Waals surface area contributed by atoms with Crippen LogP contribution in [0, 0.1) is 0 Å². The van der Waals surface area contributed by atoms with Crippen molar-refractivity contribution in [2.45, 2.75) is 25.8 Å². The SMILES string of the molecule is CCN1CCC(Nc2cccc(Cl)c2Cl)CC1. The summed E-state index contributed by atoms with van der Waals surface area (Å²) in [4.78, 5) is 2.47. The molecule has 0 atom stereocenters. The molecule has 2 nitrogen and oxygen atoms in total. The maximum absolute atomic E-state index is 6.16. The maximum Gasteiger partial charge on any atom is 0.0823 e. The number of benzene rings is 1. The van der Waals surface area contributed by atoms with Crippen molar-refractivity contribution in [1.29, 1.82) is 0 Å². The molecule has 17 heavy (non-hydrogen) atoms. The Bertz CT molecular complexity index is 374. The van der Waals surface area contributed by atoms with Crippen LogP contribution in [0.5, 0.6) is 0 Å². The van der Waals surface area contributed by atoms with Crippen molar-refractivity contribution in [1.82, 2.24) is 4.90 Å². The van der Waals surface area contributed by atoms with E-state index in [0.717, 1.165) is 38.2 Å². The van der Waals surface area contributed by atoms with E-state index in [1.54, 1.807) is 0 Å². The van der Waals surface area contributed by atoms with Gasteiger partial charge in [-0.25, -0.2) is 0 Å². The molecule has 0 spiro atoms. The zero-order valence-electron chi connectivity index (χ0n) is 10.0. The van der Waals surface area contributed by atoms with E-state index in [1.165, 1.54) is 0 Å². The Balaban J connectivity index is 1.95. The van der Waals surface area contributed by atoms with Crippen LogP contribution in [-0.2, 0) is 0 Å². The maximum atomic E-state index is 6.16. The smallest absolute Gasteiger partial charge is 0.0823 e. The zero-order chi connectivity index (χ0) is 12.3. The number of likely N-dealkylation sites (tertiary alicyclic amines) is 1. The number of nitrogens with one attached hydrogen (secondary N) is 1. The molecule has 1 fully saturated rings. The van der Waals surface area contributed by atoms with Gasteiger partial charge in [-0.2, -0.15) is 0 Å². The highest BCUT2D eigenvalue weighted by molar-refractivity contribution is 6.43. The lowest BCUT2D eigenvalue weighted by Gasteiger charge is -2.32. The van der Waals surface area contributed by atoms with Crippen LogP contribution in [-0.4, -0.2) is 30.6 Å². The molecule has 0 bridgehead atoms. The molecule has 1 N–H and O–H groups in total. The van der Waals surface area contributed by atoms with E-state index in [0.29, 0.717) is 16.1 Å². The summed E-state index contributed by atoms with van der Waals surface area (Å²) in [7, 11) is 0. The van der Waals surface area contributed by atoms with Crippen LogP contribution < -0.4 is 5.32 Å². The first-order valence-electron chi connectivity index (χ1n) is 6.13. The van der Waals surface area contributed by atoms with Crippen LogP contribution in [0.2, 0.25) is 10.0 Å². The van der Waals surface area contributed by atoms with Crippen molar-refractivity contribution in [3.8, 4) is 0 Å². The second kappa shape index (κ2) is 5.94. The van der Waals surface area contributed by atoms with Crippen LogP contribution in [0.1, 0.15) is 19.8 Å². The van der Waals surface area contributed by atoms with E-state index in [9.17, 15) is 0 Å². The van der Waals surface area contributed by atoms with Gasteiger partial charge in [0.1, 0.15) is 0 Å². The lowest BCUT2D eigenvalue weighted by Crippen LogP contribution is -2.38. The molecular weight excluding hydrogens is 255 g/mol. The number of hydrogen-bond acceptors (Lipinski definition) is 2. The van der Waals surface area contributed by atoms with Crippen LogP contribution in [0.4, 0.5) is 5.69 Å². The van der Waals surface area contributed by atoms with E-state index >= 15 is 0 Å². The lowest BCUT2D eigenvalue weighted by molar-refractivity contribution is 0.229. The molecule has 0 aliphatic carbocycles. The predicted octanol–water partition coefficient (Wildman–Crippen LogP) is 3.89. The molecule has 1 heterocycles. The van der Waals surface area contributed by atoms with Gasteiger partial charge in [0.05, 0.1) is 15.7 Å². The second-order valence-corrected chi connectivity index (χ2v) is 5.24. The van der Waals surface area contributed by atoms with Crippen LogP contribution in [0.25, 0.3) is 0 Å². The number of rotatable bonds is 3. The third-order valence-electron chi connectivity index (χ3n) is 3.35. The van der Waals surface area contributed by atoms with Gasteiger partial charge in [0.25, 0.3) is 0 Å². The molecule has 4 heteroatoms. The second-order valence-electron chi connectivity index (χ2n) is 4.45. The van der Waals surface area contributed by atoms with Crippen LogP contribution in [0.3, 0.4) is 0 Å². The van der Waals surface area contributed by atoms with Gasteiger partial charge < -0.3 is 10.2 Å². The van der Waals surface area contributed by atoms with Gasteiger partial charge in [-0.05, 0) is 31.5 Å². The number of piperidine rings is 1. The fourth-order valence-electron chi connectivity index (χ4n) is 2.23. The van der Waals surface area contributed by atoms with Gasteiger partial charge in [-0.15, -0.1) is 0 Å². The van der Waals surface area contributed by atoms with Gasteiger partial charge in [0.15, 0.2) is 0 Å². The third kappa shape index (κ3) is 3.27. The van der Waals surface area contributed by atoms with E-state index in [4.69, 9.17) is 23.2 Å². The Morgan fingerprint density at radius 2 is 2.00 bits per heavy atom. The molecule has 0 unspecified atom stereocenters. The van der Waals surface area contributed by atoms with Gasteiger partial charge in [-0.1, -0.05) is 36.2 Å². The van der Waals surface area contributed by atoms with Crippen molar-refractivity contribution in [3.63, 3.8) is 0 Å². The quantitative estimate of drug-likeness (QED) is 0.898. The summed E-state index contributed by atoms with van der Waals surface area (Å²) in [6.45, 7) is 5.67. The largest absolute Gasteiger partial charge is 0.381 e. The van der Waals surface area contributed by atoms with E-state index in [-0.39, 0.29) is 0 Å². The molecule has 0 amide bonds. The standard InChI is InChI=1S/C13H18Cl2N2/c1-2-17-8-6-10(7-9-17)16-12-5-3-4-11(14)13(12)15/h3-5,10,16H,2,6-9H2,1H3. The Labute approximate surface area is 113 Å². The lowest BCUT2D eigenvalue weighted by atomic mass is 10.0. The summed E-state index contributed by atoms with van der Waals surface area (Å²) in [5.74, 6) is 0. The predicted molar refractivity (Wildman–Crippen MR) is 75.2 cm³/mol. The molecule has 0 radical (unpaired) electrons. The number of halogens is 2. The van der Waals surface area contributed by atoms with Crippen molar-refractivity contribution >= 4 is 28.9 Å². The Morgan fingerprint density at radius 1 is 1.29 bits per heavy atom. The van der Waals surface area contributed by atoms with Gasteiger partial charge in [0, 0.05) is 19.1 Å². The highest BCUT2D eigenvalue weighted by Gasteiger charge is 2.18. The molecule has 1 aromatic carbocycles. The van der Waals surface area contributed by atoms with E-state index in [1.807, 2.05) is 18.2 Å². The number of hydrogen-bond donors (Lipinski definition) is 1. The first kappa shape index (κ1) is 13.0. The Kier molecular flexibility index (Phi) is 4.55. The minimum Gasteiger partial charge on any atom is -0.381 e. The van der Waals surface area contributed by atoms with Gasteiger partial charge in [-0.3, -0.25) is 0 Å². The molecule has 1 saturated heterocycles. The third-order valence-corrected chi connectivity index (χ3v) is 4.16. The monoisotopic (exact) mass is 272 g/mol. The van der Waals surface area contributed by atoms with Crippen molar-refractivity contribution in [2.75, 3.05) is 25.0 Å². The molecule has 2 rings (SSSR count). The van der Waals surface area contributed by atoms with Crippen LogP contribution >= 0.6 is 23.2 Å². The van der Waals surface area contributed by atoms with Crippen molar-refractivity contribution in [2.24, 2.45) is 0 Å². The highest BCUT2D eigenvalue weighted by atomic mass is 35.5. The topological polar surface area (TPSA) is 15.3 Å². The molecule has 1 aromatic rings.